The molecule has 16 nitrogen and oxygen atoms in total. The summed E-state index contributed by atoms with van der Waals surface area (Å²) in [6.07, 6.45) is 6.91. The highest BCUT2D eigenvalue weighted by molar-refractivity contribution is 6.25. The summed E-state index contributed by atoms with van der Waals surface area (Å²) in [5, 5.41) is 25.4. The number of hydrogen-bond acceptors (Lipinski definition) is 13. The van der Waals surface area contributed by atoms with E-state index in [4.69, 9.17) is 9.47 Å². The van der Waals surface area contributed by atoms with Crippen molar-refractivity contribution in [3.63, 3.8) is 0 Å². The van der Waals surface area contributed by atoms with Crippen LogP contribution in [0.4, 0.5) is 16.4 Å². The minimum atomic E-state index is -2.11. The number of aliphatic hydroxyl groups is 1. The highest BCUT2D eigenvalue weighted by Gasteiger charge is 2.76. The van der Waals surface area contributed by atoms with Gasteiger partial charge in [0.05, 0.1) is 30.8 Å². The van der Waals surface area contributed by atoms with Gasteiger partial charge in [0.15, 0.2) is 0 Å². The molecular weight excluding hydrogens is 927 g/mol. The average molecular weight is 986 g/mol. The zero-order valence-corrected chi connectivity index (χ0v) is 41.1. The number of rotatable bonds is 8. The number of nitrogens with zero attached hydrogens (tertiary/aromatic N) is 6. The molecule has 5 heterocycles. The van der Waals surface area contributed by atoms with Gasteiger partial charge in [0.2, 0.25) is 17.8 Å². The number of phenolic OH excluding ortho intramolecular Hbond substituents is 1. The first kappa shape index (κ1) is 49.0. The van der Waals surface area contributed by atoms with Crippen molar-refractivity contribution in [1.82, 2.24) is 25.1 Å². The second-order valence-electron chi connectivity index (χ2n) is 20.0. The number of benzene rings is 4. The molecule has 0 unspecified atom stereocenters. The number of carbonyl (C=O) groups excluding carboxylic acids is 5. The molecule has 0 bridgehead atoms. The number of nitrogens with one attached hydrogen (secondary N) is 1. The Morgan fingerprint density at radius 2 is 1.44 bits per heavy atom. The zero-order valence-electron chi connectivity index (χ0n) is 41.1. The van der Waals surface area contributed by atoms with Crippen LogP contribution in [0.15, 0.2) is 122 Å². The van der Waals surface area contributed by atoms with Gasteiger partial charge in [-0.05, 0) is 90.3 Å². The Morgan fingerprint density at radius 3 is 2.07 bits per heavy atom. The summed E-state index contributed by atoms with van der Waals surface area (Å²) in [5.41, 5.74) is -0.748. The second-order valence-corrected chi connectivity index (χ2v) is 20.0. The van der Waals surface area contributed by atoms with Crippen LogP contribution in [0.1, 0.15) is 98.4 Å². The van der Waals surface area contributed by atoms with Gasteiger partial charge in [0.25, 0.3) is 0 Å². The summed E-state index contributed by atoms with van der Waals surface area (Å²) in [7, 11) is 1.22. The lowest BCUT2D eigenvalue weighted by Crippen LogP contribution is -2.60. The number of urea groups is 1. The Labute approximate surface area is 424 Å². The maximum atomic E-state index is 16.8. The van der Waals surface area contributed by atoms with Crippen molar-refractivity contribution in [2.24, 2.45) is 11.8 Å². The van der Waals surface area contributed by atoms with Crippen LogP contribution in [0.5, 0.6) is 5.75 Å². The molecule has 5 aromatic rings. The molecule has 7 atom stereocenters. The molecule has 3 saturated heterocycles. The van der Waals surface area contributed by atoms with Gasteiger partial charge >= 0.3 is 18.0 Å². The third-order valence-corrected chi connectivity index (χ3v) is 15.3. The van der Waals surface area contributed by atoms with E-state index < -0.39 is 82.9 Å². The number of ether oxygens (including phenoxy) is 2. The first-order valence-electron chi connectivity index (χ1n) is 25.1. The topological polar surface area (TPSA) is 195 Å². The van der Waals surface area contributed by atoms with Crippen molar-refractivity contribution in [3.05, 3.63) is 149 Å². The fourth-order valence-electron chi connectivity index (χ4n) is 11.8. The highest BCUT2D eigenvalue weighted by Crippen LogP contribution is 2.66. The molecule has 10 rings (SSSR count). The van der Waals surface area contributed by atoms with Crippen LogP contribution in [0.25, 0.3) is 0 Å². The maximum absolute atomic E-state index is 16.8. The predicted octanol–water partition coefficient (Wildman–Crippen LogP) is 6.54. The van der Waals surface area contributed by atoms with Crippen molar-refractivity contribution in [1.29, 1.82) is 0 Å². The smallest absolute Gasteiger partial charge is 0.329 e. The minimum absolute atomic E-state index is 0.0595. The van der Waals surface area contributed by atoms with Gasteiger partial charge in [0, 0.05) is 44.1 Å². The number of anilines is 2. The number of esters is 2. The van der Waals surface area contributed by atoms with Crippen molar-refractivity contribution in [3.8, 4) is 17.6 Å². The first-order valence-corrected chi connectivity index (χ1v) is 25.1. The number of morpholine rings is 1. The van der Waals surface area contributed by atoms with E-state index in [9.17, 15) is 15.0 Å². The average Bonchev–Trinajstić information content (AvgIpc) is 3.75. The quantitative estimate of drug-likeness (QED) is 0.0863. The molecule has 1 aromatic heterocycles. The Bertz CT molecular complexity index is 2930. The van der Waals surface area contributed by atoms with Crippen molar-refractivity contribution >= 4 is 41.4 Å². The number of piperazine rings is 1. The van der Waals surface area contributed by atoms with Gasteiger partial charge in [-0.1, -0.05) is 111 Å². The molecule has 1 aliphatic carbocycles. The predicted molar refractivity (Wildman–Crippen MR) is 270 cm³/mol. The number of cyclic esters (lactones) is 1. The molecule has 4 aliphatic heterocycles. The monoisotopic (exact) mass is 985 g/mol. The van der Waals surface area contributed by atoms with Gasteiger partial charge in [-0.3, -0.25) is 19.3 Å². The number of hydrogen-bond donors (Lipinski definition) is 3. The number of aromatic nitrogens is 2. The first-order chi connectivity index (χ1) is 35.3. The molecular formula is C57H59N7O9. The number of methoxy groups -OCH3 is 1. The van der Waals surface area contributed by atoms with E-state index in [2.05, 4.69) is 27.1 Å². The lowest BCUT2D eigenvalue weighted by atomic mass is 9.64. The Kier molecular flexibility index (Phi) is 13.5. The number of phenols is 1. The van der Waals surface area contributed by atoms with E-state index in [0.717, 1.165) is 36.1 Å². The van der Waals surface area contributed by atoms with Crippen molar-refractivity contribution in [2.75, 3.05) is 43.1 Å². The standard InChI is InChI=1S/C57H59N7O9/c1-36(2)45(51(67)72-3)60-55(70)63-43-24-19-37(25-28-56(71)26-12-4-5-13-27-56)35-42(43)57(53(63)69)44(50(66)61-31-33-62(34-32-61)54-58-29-14-30-59-54)47-52(68)73-48(39-17-10-7-11-18-39)46(38-15-8-6-9-16-38)64(47)49(57)40-20-22-41(65)23-21-40/h6-11,14-24,29-30,35-36,44-49,65,71H,4-5,12-13,26-27,31-34H2,1-3H3,(H,60,70)/t44-,45+,46-,47-,48+,49+,57-/m1/s1. The summed E-state index contributed by atoms with van der Waals surface area (Å²) in [6, 6.07) is 26.3. The second kappa shape index (κ2) is 20.1. The fraction of sp³-hybridized carbons (Fsp3) is 0.386. The number of fused-ring (bicyclic) bond motifs is 3. The zero-order chi connectivity index (χ0) is 51.0. The van der Waals surface area contributed by atoms with E-state index in [0.29, 0.717) is 48.6 Å². The molecule has 5 aliphatic rings. The summed E-state index contributed by atoms with van der Waals surface area (Å²) in [6.45, 7) is 4.50. The van der Waals surface area contributed by atoms with E-state index in [-0.39, 0.29) is 30.1 Å². The van der Waals surface area contributed by atoms with Crippen LogP contribution in [-0.2, 0) is 34.1 Å². The van der Waals surface area contributed by atoms with Gasteiger partial charge in [0.1, 0.15) is 35.0 Å². The third kappa shape index (κ3) is 8.84. The van der Waals surface area contributed by atoms with Gasteiger partial charge in [-0.2, -0.15) is 0 Å². The summed E-state index contributed by atoms with van der Waals surface area (Å²) >= 11 is 0. The van der Waals surface area contributed by atoms with Crippen LogP contribution < -0.4 is 15.1 Å². The van der Waals surface area contributed by atoms with Crippen LogP contribution in [0.3, 0.4) is 0 Å². The third-order valence-electron chi connectivity index (χ3n) is 15.3. The molecule has 16 heteroatoms. The molecule has 4 amide bonds. The molecule has 3 N–H and O–H groups in total. The SMILES string of the molecule is COC(=O)[C@@H](NC(=O)N1C(=O)[C@@]2(c3cc(C#CC4(O)CCCCCC4)ccc31)[C@H](c1ccc(O)cc1)N1[C@H](c3ccccc3)[C@H](c3ccccc3)OC(=O)[C@H]1[C@@H]2C(=O)N1CCN(c2ncccn2)CC1)C(C)C. The lowest BCUT2D eigenvalue weighted by molar-refractivity contribution is -0.179. The fourth-order valence-corrected chi connectivity index (χ4v) is 11.8. The van der Waals surface area contributed by atoms with E-state index in [1.54, 1.807) is 67.5 Å². The number of amides is 4. The van der Waals surface area contributed by atoms with Crippen LogP contribution in [0.2, 0.25) is 0 Å². The molecule has 1 saturated carbocycles. The highest BCUT2D eigenvalue weighted by atomic mass is 16.6. The van der Waals surface area contributed by atoms with E-state index in [1.165, 1.54) is 19.2 Å². The van der Waals surface area contributed by atoms with Crippen LogP contribution >= 0.6 is 0 Å². The van der Waals surface area contributed by atoms with Gasteiger partial charge < -0.3 is 34.8 Å². The normalized spacial score (nSPS) is 24.9. The molecule has 4 fully saturated rings. The Morgan fingerprint density at radius 1 is 0.795 bits per heavy atom. The van der Waals surface area contributed by atoms with E-state index in [1.807, 2.05) is 70.5 Å². The van der Waals surface area contributed by atoms with Gasteiger partial charge in [-0.25, -0.2) is 24.5 Å². The Hall–Kier alpha value is -7.61. The van der Waals surface area contributed by atoms with Gasteiger partial charge in [-0.15, -0.1) is 0 Å². The number of carbonyl (C=O) groups is 5. The maximum Gasteiger partial charge on any atom is 0.329 e. The molecule has 0 radical (unpaired) electrons. The van der Waals surface area contributed by atoms with Crippen LogP contribution in [-0.4, -0.2) is 111 Å². The van der Waals surface area contributed by atoms with Crippen molar-refractivity contribution in [2.45, 2.75) is 93.7 Å². The number of imide groups is 1. The summed E-state index contributed by atoms with van der Waals surface area (Å²) in [5.74, 6) is 2.00. The Balaban J connectivity index is 1.24. The summed E-state index contributed by atoms with van der Waals surface area (Å²) in [4.78, 5) is 92.7. The molecule has 4 aromatic carbocycles. The molecule has 73 heavy (non-hydrogen) atoms. The molecule has 376 valence electrons. The van der Waals surface area contributed by atoms with E-state index >= 15 is 19.2 Å². The number of aromatic hydroxyl groups is 1. The minimum Gasteiger partial charge on any atom is -0.508 e. The summed E-state index contributed by atoms with van der Waals surface area (Å²) < 4.78 is 11.8. The lowest BCUT2D eigenvalue weighted by Gasteiger charge is -2.46. The van der Waals surface area contributed by atoms with Crippen molar-refractivity contribution < 1.29 is 43.7 Å². The molecule has 1 spiro atoms. The van der Waals surface area contributed by atoms with Crippen LogP contribution in [0, 0.1) is 23.7 Å². The largest absolute Gasteiger partial charge is 0.508 e.